The molecule has 1 aromatic carbocycles. The summed E-state index contributed by atoms with van der Waals surface area (Å²) in [6.45, 7) is 5.13. The fraction of sp³-hybridized carbons (Fsp3) is 0.556. The Morgan fingerprint density at radius 1 is 1.38 bits per heavy atom. The molecule has 1 aliphatic heterocycles. The van der Waals surface area contributed by atoms with E-state index in [-0.39, 0.29) is 18.2 Å². The number of nitrogens with one attached hydrogen (secondary N) is 1. The fourth-order valence-electron chi connectivity index (χ4n) is 3.17. The van der Waals surface area contributed by atoms with E-state index in [0.717, 1.165) is 5.69 Å². The molecule has 1 aromatic rings. The molecule has 6 nitrogen and oxygen atoms in total. The number of para-hydroxylation sites is 1. The van der Waals surface area contributed by atoms with Gasteiger partial charge in [-0.25, -0.2) is 0 Å². The molecule has 132 valence electrons. The monoisotopic (exact) mass is 334 g/mol. The van der Waals surface area contributed by atoms with E-state index in [2.05, 4.69) is 5.32 Å². The third-order valence-corrected chi connectivity index (χ3v) is 4.55. The maximum atomic E-state index is 12.1. The van der Waals surface area contributed by atoms with Crippen molar-refractivity contribution in [3.05, 3.63) is 29.8 Å². The molecule has 2 atom stereocenters. The summed E-state index contributed by atoms with van der Waals surface area (Å²) >= 11 is 0. The Kier molecular flexibility index (Phi) is 5.96. The van der Waals surface area contributed by atoms with Crippen molar-refractivity contribution in [2.45, 2.75) is 44.8 Å². The number of carboxylic acids is 1. The number of rotatable bonds is 7. The number of β-amino-alcohol motifs (C(OH)–C–C–N with tert-alkyl or cyclic N) is 1. The molecule has 0 radical (unpaired) electrons. The van der Waals surface area contributed by atoms with Crippen molar-refractivity contribution in [2.75, 3.05) is 25.0 Å². The number of anilines is 1. The average molecular weight is 334 g/mol. The number of carbonyl (C=O) groups is 2. The van der Waals surface area contributed by atoms with E-state index in [1.807, 2.05) is 30.0 Å². The minimum Gasteiger partial charge on any atom is -0.481 e. The first kappa shape index (κ1) is 18.4. The molecule has 0 aliphatic carbocycles. The lowest BCUT2D eigenvalue weighted by Crippen LogP contribution is -2.58. The molecule has 0 amide bonds. The number of carboxylic acid groups (broad SMARTS) is 1. The molecular weight excluding hydrogens is 308 g/mol. The van der Waals surface area contributed by atoms with Crippen molar-refractivity contribution in [3.63, 3.8) is 0 Å². The molecule has 0 spiro atoms. The maximum absolute atomic E-state index is 12.1. The summed E-state index contributed by atoms with van der Waals surface area (Å²) in [4.78, 5) is 24.7. The first-order chi connectivity index (χ1) is 11.3. The van der Waals surface area contributed by atoms with Crippen LogP contribution in [0.5, 0.6) is 0 Å². The lowest BCUT2D eigenvalue weighted by Gasteiger charge is -2.43. The van der Waals surface area contributed by atoms with Crippen LogP contribution < -0.4 is 5.32 Å². The number of carbonyl (C=O) groups excluding carboxylic acids is 1. The molecular formula is C18H26N2O4. The van der Waals surface area contributed by atoms with Crippen molar-refractivity contribution in [3.8, 4) is 0 Å². The zero-order chi connectivity index (χ0) is 17.7. The highest BCUT2D eigenvalue weighted by atomic mass is 16.4. The molecule has 0 aromatic heterocycles. The van der Waals surface area contributed by atoms with Crippen LogP contribution in [0.15, 0.2) is 24.3 Å². The van der Waals surface area contributed by atoms with Gasteiger partial charge >= 0.3 is 5.97 Å². The van der Waals surface area contributed by atoms with Gasteiger partial charge in [0.1, 0.15) is 0 Å². The van der Waals surface area contributed by atoms with Crippen LogP contribution in [-0.4, -0.2) is 58.1 Å². The highest BCUT2D eigenvalue weighted by Crippen LogP contribution is 2.27. The number of hydrogen-bond acceptors (Lipinski definition) is 5. The lowest BCUT2D eigenvalue weighted by molar-refractivity contribution is -0.137. The lowest BCUT2D eigenvalue weighted by atomic mass is 9.88. The molecule has 2 unspecified atom stereocenters. The summed E-state index contributed by atoms with van der Waals surface area (Å²) in [7, 11) is 0. The smallest absolute Gasteiger partial charge is 0.304 e. The predicted octanol–water partition coefficient (Wildman–Crippen LogP) is 1.99. The van der Waals surface area contributed by atoms with Gasteiger partial charge in [-0.05, 0) is 25.5 Å². The molecule has 1 saturated heterocycles. The van der Waals surface area contributed by atoms with Crippen LogP contribution >= 0.6 is 0 Å². The molecule has 1 aliphatic rings. The molecule has 24 heavy (non-hydrogen) atoms. The Morgan fingerprint density at radius 2 is 2.08 bits per heavy atom. The standard InChI is InChI=1S/C18H26N2O4/c1-3-15(21)13-6-4-5-7-14(13)19-16-8-10-20(11-9-17(22)23)12-18(16,2)24/h4-7,16,19,24H,3,8-12H2,1-2H3,(H,22,23). The average Bonchev–Trinajstić information content (AvgIpc) is 2.54. The third-order valence-electron chi connectivity index (χ3n) is 4.55. The molecule has 6 heteroatoms. The Balaban J connectivity index is 2.06. The van der Waals surface area contributed by atoms with E-state index < -0.39 is 11.6 Å². The largest absolute Gasteiger partial charge is 0.481 e. The zero-order valence-corrected chi connectivity index (χ0v) is 14.3. The fourth-order valence-corrected chi connectivity index (χ4v) is 3.17. The molecule has 0 bridgehead atoms. The first-order valence-electron chi connectivity index (χ1n) is 8.38. The van der Waals surface area contributed by atoms with Gasteiger partial charge in [-0.1, -0.05) is 19.1 Å². The maximum Gasteiger partial charge on any atom is 0.304 e. The van der Waals surface area contributed by atoms with Crippen LogP contribution in [-0.2, 0) is 4.79 Å². The number of aliphatic hydroxyl groups is 1. The van der Waals surface area contributed by atoms with Gasteiger partial charge in [0.15, 0.2) is 5.78 Å². The van der Waals surface area contributed by atoms with Crippen molar-refractivity contribution in [1.82, 2.24) is 4.90 Å². The van der Waals surface area contributed by atoms with E-state index in [1.165, 1.54) is 0 Å². The van der Waals surface area contributed by atoms with Gasteiger partial charge in [0.25, 0.3) is 0 Å². The summed E-state index contributed by atoms with van der Waals surface area (Å²) in [5, 5.41) is 22.9. The molecule has 0 saturated carbocycles. The summed E-state index contributed by atoms with van der Waals surface area (Å²) in [5.41, 5.74) is 0.386. The molecule has 1 fully saturated rings. The first-order valence-corrected chi connectivity index (χ1v) is 8.38. The van der Waals surface area contributed by atoms with E-state index in [4.69, 9.17) is 5.11 Å². The number of hydrogen-bond donors (Lipinski definition) is 3. The van der Waals surface area contributed by atoms with Gasteiger partial charge in [0.2, 0.25) is 0 Å². The van der Waals surface area contributed by atoms with Crippen molar-refractivity contribution >= 4 is 17.4 Å². The van der Waals surface area contributed by atoms with Gasteiger partial charge in [0, 0.05) is 37.3 Å². The van der Waals surface area contributed by atoms with Gasteiger partial charge in [-0.2, -0.15) is 0 Å². The number of Topliss-reactive ketones (excluding diaryl/α,β-unsaturated/α-hetero) is 1. The summed E-state index contributed by atoms with van der Waals surface area (Å²) in [6.07, 6.45) is 1.19. The quantitative estimate of drug-likeness (QED) is 0.661. The Morgan fingerprint density at radius 3 is 2.71 bits per heavy atom. The van der Waals surface area contributed by atoms with Crippen LogP contribution in [0.4, 0.5) is 5.69 Å². The second kappa shape index (κ2) is 7.77. The Bertz CT molecular complexity index is 600. The number of aliphatic carboxylic acids is 1. The third kappa shape index (κ3) is 4.55. The van der Waals surface area contributed by atoms with E-state index in [9.17, 15) is 14.7 Å². The van der Waals surface area contributed by atoms with Crippen LogP contribution in [0.2, 0.25) is 0 Å². The highest BCUT2D eigenvalue weighted by molar-refractivity contribution is 6.01. The van der Waals surface area contributed by atoms with Crippen molar-refractivity contribution in [1.29, 1.82) is 0 Å². The van der Waals surface area contributed by atoms with Crippen LogP contribution in [0, 0.1) is 0 Å². The summed E-state index contributed by atoms with van der Waals surface area (Å²) in [6, 6.07) is 7.16. The summed E-state index contributed by atoms with van der Waals surface area (Å²) in [5.74, 6) is -0.765. The number of ketones is 1. The Labute approximate surface area is 142 Å². The number of benzene rings is 1. The molecule has 1 heterocycles. The topological polar surface area (TPSA) is 89.9 Å². The van der Waals surface area contributed by atoms with E-state index >= 15 is 0 Å². The molecule has 2 rings (SSSR count). The Hall–Kier alpha value is -1.92. The normalized spacial score (nSPS) is 24.5. The van der Waals surface area contributed by atoms with Gasteiger partial charge < -0.3 is 15.5 Å². The predicted molar refractivity (Wildman–Crippen MR) is 92.4 cm³/mol. The van der Waals surface area contributed by atoms with E-state index in [1.54, 1.807) is 13.0 Å². The number of likely N-dealkylation sites (tertiary alicyclic amines) is 1. The van der Waals surface area contributed by atoms with Crippen LogP contribution in [0.3, 0.4) is 0 Å². The van der Waals surface area contributed by atoms with Crippen LogP contribution in [0.1, 0.15) is 43.5 Å². The zero-order valence-electron chi connectivity index (χ0n) is 14.3. The summed E-state index contributed by atoms with van der Waals surface area (Å²) < 4.78 is 0. The van der Waals surface area contributed by atoms with E-state index in [0.29, 0.717) is 38.0 Å². The van der Waals surface area contributed by atoms with Crippen LogP contribution in [0.25, 0.3) is 0 Å². The SMILES string of the molecule is CCC(=O)c1ccccc1NC1CCN(CCC(=O)O)CC1(C)O. The van der Waals surface area contributed by atoms with Gasteiger partial charge in [-0.3, -0.25) is 14.5 Å². The molecule has 3 N–H and O–H groups in total. The minimum atomic E-state index is -1.00. The van der Waals surface area contributed by atoms with Crippen molar-refractivity contribution < 1.29 is 19.8 Å². The number of nitrogens with zero attached hydrogens (tertiary/aromatic N) is 1. The van der Waals surface area contributed by atoms with Crippen molar-refractivity contribution in [2.24, 2.45) is 0 Å². The van der Waals surface area contributed by atoms with Gasteiger partial charge in [0.05, 0.1) is 18.1 Å². The second-order valence-electron chi connectivity index (χ2n) is 6.58. The highest BCUT2D eigenvalue weighted by Gasteiger charge is 2.38. The second-order valence-corrected chi connectivity index (χ2v) is 6.58. The van der Waals surface area contributed by atoms with Gasteiger partial charge in [-0.15, -0.1) is 0 Å². The minimum absolute atomic E-state index is 0.0663. The number of piperidine rings is 1.